The van der Waals surface area contributed by atoms with Gasteiger partial charge in [-0.1, -0.05) is 0 Å². The average Bonchev–Trinajstić information content (AvgIpc) is 2.62. The zero-order valence-electron chi connectivity index (χ0n) is 13.3. The molecule has 0 saturated carbocycles. The van der Waals surface area contributed by atoms with Crippen LogP contribution < -0.4 is 10.2 Å². The van der Waals surface area contributed by atoms with E-state index in [1.54, 1.807) is 0 Å². The van der Waals surface area contributed by atoms with Gasteiger partial charge in [0.1, 0.15) is 11.5 Å². The molecule has 0 bridgehead atoms. The number of hydrogen-bond acceptors (Lipinski definition) is 8. The van der Waals surface area contributed by atoms with E-state index < -0.39 is 15.8 Å². The van der Waals surface area contributed by atoms with Crippen molar-refractivity contribution in [1.29, 1.82) is 0 Å². The van der Waals surface area contributed by atoms with Crippen LogP contribution in [-0.4, -0.2) is 34.2 Å². The average molecular weight is 360 g/mol. The molecule has 2 rings (SSSR count). The van der Waals surface area contributed by atoms with Crippen LogP contribution in [0.15, 0.2) is 41.5 Å². The number of hydrogen-bond donors (Lipinski definition) is 2. The highest BCUT2D eigenvalue weighted by molar-refractivity contribution is 5.98. The van der Waals surface area contributed by atoms with Crippen molar-refractivity contribution < 1.29 is 24.5 Å². The van der Waals surface area contributed by atoms with Gasteiger partial charge < -0.3 is 9.84 Å². The number of carbonyl (C=O) groups is 1. The lowest BCUT2D eigenvalue weighted by molar-refractivity contribution is -0.385. The van der Waals surface area contributed by atoms with Gasteiger partial charge in [-0.25, -0.2) is 5.43 Å². The van der Waals surface area contributed by atoms with Gasteiger partial charge in [0.05, 0.1) is 28.7 Å². The molecule has 26 heavy (non-hydrogen) atoms. The van der Waals surface area contributed by atoms with Crippen LogP contribution in [-0.2, 0) is 0 Å². The van der Waals surface area contributed by atoms with Crippen molar-refractivity contribution >= 4 is 23.5 Å². The number of hydrazone groups is 1. The van der Waals surface area contributed by atoms with Gasteiger partial charge in [-0.3, -0.25) is 25.0 Å². The molecular weight excluding hydrogens is 348 g/mol. The number of nitrogens with zero attached hydrogens (tertiary/aromatic N) is 3. The summed E-state index contributed by atoms with van der Waals surface area (Å²) >= 11 is 0. The number of methoxy groups -OCH3 is 1. The molecule has 0 fully saturated rings. The van der Waals surface area contributed by atoms with Crippen molar-refractivity contribution in [1.82, 2.24) is 5.43 Å². The number of ether oxygens (including phenoxy) is 1. The minimum atomic E-state index is -0.799. The van der Waals surface area contributed by atoms with Crippen LogP contribution in [0.3, 0.4) is 0 Å². The second-order valence-electron chi connectivity index (χ2n) is 4.84. The Bertz CT molecular complexity index is 911. The normalized spacial score (nSPS) is 10.5. The SMILES string of the molecule is COc1ccc([N+](=O)[O-])cc1C(=O)NN=Cc1cc([N+](=O)[O-])ccc1O. The van der Waals surface area contributed by atoms with Gasteiger partial charge in [-0.05, 0) is 12.1 Å². The number of nitrogens with one attached hydrogen (secondary N) is 1. The van der Waals surface area contributed by atoms with E-state index in [2.05, 4.69) is 10.5 Å². The lowest BCUT2D eigenvalue weighted by Gasteiger charge is -2.06. The van der Waals surface area contributed by atoms with E-state index in [-0.39, 0.29) is 34.0 Å². The van der Waals surface area contributed by atoms with E-state index in [4.69, 9.17) is 4.74 Å². The standard InChI is InChI=1S/C15H12N4O7/c1-26-14-5-3-11(19(24)25)7-12(14)15(21)17-16-8-9-6-10(18(22)23)2-4-13(9)20/h2-8,20H,1H3,(H,17,21). The smallest absolute Gasteiger partial charge is 0.275 e. The maximum atomic E-state index is 12.2. The zero-order valence-corrected chi connectivity index (χ0v) is 13.3. The second-order valence-corrected chi connectivity index (χ2v) is 4.84. The number of benzene rings is 2. The van der Waals surface area contributed by atoms with Crippen molar-refractivity contribution in [2.24, 2.45) is 5.10 Å². The Hall–Kier alpha value is -4.02. The van der Waals surface area contributed by atoms with Crippen molar-refractivity contribution in [3.05, 3.63) is 67.8 Å². The maximum absolute atomic E-state index is 12.2. The van der Waals surface area contributed by atoms with Gasteiger partial charge in [-0.2, -0.15) is 5.10 Å². The zero-order chi connectivity index (χ0) is 19.3. The number of nitro benzene ring substituents is 2. The van der Waals surface area contributed by atoms with E-state index in [0.29, 0.717) is 0 Å². The largest absolute Gasteiger partial charge is 0.507 e. The first-order valence-corrected chi connectivity index (χ1v) is 6.96. The van der Waals surface area contributed by atoms with E-state index in [1.165, 1.54) is 19.2 Å². The lowest BCUT2D eigenvalue weighted by Crippen LogP contribution is -2.18. The van der Waals surface area contributed by atoms with E-state index in [1.807, 2.05) is 0 Å². The third-order valence-electron chi connectivity index (χ3n) is 3.23. The van der Waals surface area contributed by atoms with Gasteiger partial charge in [0, 0.05) is 29.8 Å². The van der Waals surface area contributed by atoms with Gasteiger partial charge >= 0.3 is 0 Å². The van der Waals surface area contributed by atoms with E-state index in [0.717, 1.165) is 30.5 Å². The molecule has 0 aliphatic carbocycles. The predicted molar refractivity (Wildman–Crippen MR) is 89.5 cm³/mol. The summed E-state index contributed by atoms with van der Waals surface area (Å²) in [4.78, 5) is 32.4. The molecule has 0 atom stereocenters. The third kappa shape index (κ3) is 4.08. The molecule has 0 unspecified atom stereocenters. The molecular formula is C15H12N4O7. The highest BCUT2D eigenvalue weighted by atomic mass is 16.6. The van der Waals surface area contributed by atoms with Crippen LogP contribution in [0.2, 0.25) is 0 Å². The molecule has 2 aromatic carbocycles. The van der Waals surface area contributed by atoms with Crippen LogP contribution in [0.1, 0.15) is 15.9 Å². The van der Waals surface area contributed by atoms with Crippen LogP contribution in [0.25, 0.3) is 0 Å². The summed E-state index contributed by atoms with van der Waals surface area (Å²) in [6.07, 6.45) is 1.00. The number of carbonyl (C=O) groups excluding carboxylic acids is 1. The fourth-order valence-electron chi connectivity index (χ4n) is 1.97. The highest BCUT2D eigenvalue weighted by Crippen LogP contribution is 2.24. The first kappa shape index (κ1) is 18.3. The molecule has 0 spiro atoms. The number of nitro groups is 2. The summed E-state index contributed by atoms with van der Waals surface area (Å²) in [5.74, 6) is -0.977. The topological polar surface area (TPSA) is 157 Å². The molecule has 0 aromatic heterocycles. The molecule has 0 heterocycles. The molecule has 0 aliphatic heterocycles. The lowest BCUT2D eigenvalue weighted by atomic mass is 10.1. The van der Waals surface area contributed by atoms with Gasteiger partial charge in [0.2, 0.25) is 0 Å². The van der Waals surface area contributed by atoms with Gasteiger partial charge in [-0.15, -0.1) is 0 Å². The fourth-order valence-corrected chi connectivity index (χ4v) is 1.97. The molecule has 11 nitrogen and oxygen atoms in total. The highest BCUT2D eigenvalue weighted by Gasteiger charge is 2.17. The van der Waals surface area contributed by atoms with E-state index >= 15 is 0 Å². The molecule has 0 aliphatic rings. The quantitative estimate of drug-likeness (QED) is 0.453. The molecule has 134 valence electrons. The van der Waals surface area contributed by atoms with Gasteiger partial charge in [0.25, 0.3) is 17.3 Å². The third-order valence-corrected chi connectivity index (χ3v) is 3.23. The molecule has 1 amide bonds. The summed E-state index contributed by atoms with van der Waals surface area (Å²) in [6, 6.07) is 6.76. The number of aromatic hydroxyl groups is 1. The Kier molecular flexibility index (Phi) is 5.43. The monoisotopic (exact) mass is 360 g/mol. The first-order chi connectivity index (χ1) is 12.3. The molecule has 11 heteroatoms. The number of rotatable bonds is 6. The van der Waals surface area contributed by atoms with Crippen LogP contribution >= 0.6 is 0 Å². The summed E-state index contributed by atoms with van der Waals surface area (Å²) in [7, 11) is 1.29. The minimum absolute atomic E-state index is 0.00510. The Morgan fingerprint density at radius 1 is 1.15 bits per heavy atom. The molecule has 0 saturated heterocycles. The van der Waals surface area contributed by atoms with E-state index in [9.17, 15) is 30.1 Å². The summed E-state index contributed by atoms with van der Waals surface area (Å²) in [5, 5.41) is 34.8. The molecule has 2 N–H and O–H groups in total. The Morgan fingerprint density at radius 3 is 2.38 bits per heavy atom. The van der Waals surface area contributed by atoms with Crippen molar-refractivity contribution in [2.45, 2.75) is 0 Å². The van der Waals surface area contributed by atoms with Gasteiger partial charge in [0.15, 0.2) is 0 Å². The maximum Gasteiger partial charge on any atom is 0.275 e. The second kappa shape index (κ2) is 7.70. The Labute approximate surface area is 145 Å². The number of phenols is 1. The molecule has 2 aromatic rings. The van der Waals surface area contributed by atoms with Crippen LogP contribution in [0.5, 0.6) is 11.5 Å². The summed E-state index contributed by atoms with van der Waals surface area (Å²) in [5.41, 5.74) is 1.42. The predicted octanol–water partition coefficient (Wildman–Crippen LogP) is 1.98. The van der Waals surface area contributed by atoms with Crippen molar-refractivity contribution in [3.8, 4) is 11.5 Å². The fraction of sp³-hybridized carbons (Fsp3) is 0.0667. The molecule has 0 radical (unpaired) electrons. The van der Waals surface area contributed by atoms with Crippen molar-refractivity contribution in [2.75, 3.05) is 7.11 Å². The number of non-ortho nitro benzene ring substituents is 2. The number of phenolic OH excluding ortho intramolecular Hbond substituents is 1. The first-order valence-electron chi connectivity index (χ1n) is 6.96. The Morgan fingerprint density at radius 2 is 1.77 bits per heavy atom. The Balaban J connectivity index is 2.22. The number of amides is 1. The minimum Gasteiger partial charge on any atom is -0.507 e. The van der Waals surface area contributed by atoms with Crippen molar-refractivity contribution in [3.63, 3.8) is 0 Å². The van der Waals surface area contributed by atoms with Crippen LogP contribution in [0.4, 0.5) is 11.4 Å². The summed E-state index contributed by atoms with van der Waals surface area (Å²) in [6.45, 7) is 0. The summed E-state index contributed by atoms with van der Waals surface area (Å²) < 4.78 is 4.98. The van der Waals surface area contributed by atoms with Crippen LogP contribution in [0, 0.1) is 20.2 Å².